The molecule has 1 saturated heterocycles. The predicted molar refractivity (Wildman–Crippen MR) is 74.3 cm³/mol. The van der Waals surface area contributed by atoms with Crippen LogP contribution < -0.4 is 4.90 Å². The van der Waals surface area contributed by atoms with Crippen LogP contribution in [0.4, 0.5) is 5.69 Å². The van der Waals surface area contributed by atoms with E-state index in [1.165, 1.54) is 0 Å². The molecular weight excluding hydrogens is 272 g/mol. The van der Waals surface area contributed by atoms with Gasteiger partial charge < -0.3 is 9.74 Å². The summed E-state index contributed by atoms with van der Waals surface area (Å²) in [5.41, 5.74) is 1.21. The summed E-state index contributed by atoms with van der Waals surface area (Å²) >= 11 is 0. The van der Waals surface area contributed by atoms with Gasteiger partial charge in [0, 0.05) is 31.6 Å². The summed E-state index contributed by atoms with van der Waals surface area (Å²) in [6.07, 6.45) is 4.27. The Morgan fingerprint density at radius 1 is 1.05 bits per heavy atom. The van der Waals surface area contributed by atoms with E-state index in [1.807, 2.05) is 18.2 Å². The molecule has 1 aromatic rings. The molecule has 2 heterocycles. The Hall–Kier alpha value is -2.63. The molecule has 0 N–H and O–H groups in total. The summed E-state index contributed by atoms with van der Waals surface area (Å²) in [5, 5.41) is 0.562. The Morgan fingerprint density at radius 2 is 1.71 bits per heavy atom. The molecule has 0 unspecified atom stereocenters. The molecule has 0 saturated carbocycles. The Kier molecular flexibility index (Phi) is 3.43. The zero-order valence-electron chi connectivity index (χ0n) is 11.3. The highest BCUT2D eigenvalue weighted by Gasteiger charge is 2.33. The minimum atomic E-state index is -0.701. The van der Waals surface area contributed by atoms with Gasteiger partial charge in [0.05, 0.1) is 5.56 Å². The van der Waals surface area contributed by atoms with E-state index in [0.717, 1.165) is 18.8 Å². The zero-order chi connectivity index (χ0) is 14.8. The van der Waals surface area contributed by atoms with Crippen molar-refractivity contribution in [2.75, 3.05) is 18.0 Å². The van der Waals surface area contributed by atoms with Gasteiger partial charge >= 0.3 is 5.97 Å². The van der Waals surface area contributed by atoms with Crippen molar-refractivity contribution in [3.8, 4) is 0 Å². The maximum absolute atomic E-state index is 12.1. The summed E-state index contributed by atoms with van der Waals surface area (Å²) < 4.78 is 0. The highest BCUT2D eigenvalue weighted by molar-refractivity contribution is 6.02. The fourth-order valence-corrected chi connectivity index (χ4v) is 2.31. The monoisotopic (exact) mass is 286 g/mol. The number of amides is 2. The Morgan fingerprint density at radius 3 is 2.38 bits per heavy atom. The van der Waals surface area contributed by atoms with Crippen molar-refractivity contribution >= 4 is 23.5 Å². The van der Waals surface area contributed by atoms with Crippen molar-refractivity contribution in [1.82, 2.24) is 5.06 Å². The van der Waals surface area contributed by atoms with Crippen LogP contribution in [0.5, 0.6) is 0 Å². The second kappa shape index (κ2) is 5.40. The summed E-state index contributed by atoms with van der Waals surface area (Å²) in [6, 6.07) is 6.94. The van der Waals surface area contributed by atoms with E-state index < -0.39 is 17.8 Å². The molecular formula is C15H14N2O4. The SMILES string of the molecule is O=C(ON1C(=O)CCC1=O)c1cccc(N2CC=CC2)c1. The molecule has 1 aromatic carbocycles. The van der Waals surface area contributed by atoms with Crippen LogP contribution in [0.25, 0.3) is 0 Å². The van der Waals surface area contributed by atoms with Crippen molar-refractivity contribution in [1.29, 1.82) is 0 Å². The van der Waals surface area contributed by atoms with Gasteiger partial charge in [0.25, 0.3) is 11.8 Å². The average molecular weight is 286 g/mol. The van der Waals surface area contributed by atoms with Crippen molar-refractivity contribution in [2.45, 2.75) is 12.8 Å². The average Bonchev–Trinajstić information content (AvgIpc) is 3.13. The van der Waals surface area contributed by atoms with Gasteiger partial charge in [0.15, 0.2) is 0 Å². The molecule has 0 spiro atoms. The summed E-state index contributed by atoms with van der Waals surface area (Å²) in [5.74, 6) is -1.66. The first-order valence-corrected chi connectivity index (χ1v) is 6.73. The number of benzene rings is 1. The number of imide groups is 1. The molecule has 6 heteroatoms. The third kappa shape index (κ3) is 2.65. The van der Waals surface area contributed by atoms with Gasteiger partial charge in [-0.05, 0) is 18.2 Å². The number of anilines is 1. The van der Waals surface area contributed by atoms with Gasteiger partial charge in [-0.25, -0.2) is 4.79 Å². The lowest BCUT2D eigenvalue weighted by Gasteiger charge is -2.18. The minimum absolute atomic E-state index is 0.0889. The van der Waals surface area contributed by atoms with Crippen LogP contribution in [0.2, 0.25) is 0 Å². The van der Waals surface area contributed by atoms with E-state index in [-0.39, 0.29) is 12.8 Å². The van der Waals surface area contributed by atoms with E-state index in [2.05, 4.69) is 4.90 Å². The van der Waals surface area contributed by atoms with Crippen molar-refractivity contribution < 1.29 is 19.2 Å². The van der Waals surface area contributed by atoms with E-state index in [4.69, 9.17) is 4.84 Å². The van der Waals surface area contributed by atoms with Crippen LogP contribution in [0, 0.1) is 0 Å². The third-order valence-electron chi connectivity index (χ3n) is 3.45. The molecule has 21 heavy (non-hydrogen) atoms. The highest BCUT2D eigenvalue weighted by atomic mass is 16.7. The highest BCUT2D eigenvalue weighted by Crippen LogP contribution is 2.20. The van der Waals surface area contributed by atoms with Crippen LogP contribution >= 0.6 is 0 Å². The molecule has 6 nitrogen and oxygen atoms in total. The number of hydroxylamine groups is 2. The normalized spacial score (nSPS) is 17.7. The van der Waals surface area contributed by atoms with E-state index in [9.17, 15) is 14.4 Å². The molecule has 0 atom stereocenters. The first-order chi connectivity index (χ1) is 10.1. The smallest absolute Gasteiger partial charge is 0.363 e. The van der Waals surface area contributed by atoms with Crippen LogP contribution in [0.3, 0.4) is 0 Å². The second-order valence-electron chi connectivity index (χ2n) is 4.89. The molecule has 3 rings (SSSR count). The summed E-state index contributed by atoms with van der Waals surface area (Å²) in [7, 11) is 0. The van der Waals surface area contributed by atoms with Gasteiger partial charge in [-0.2, -0.15) is 0 Å². The minimum Gasteiger partial charge on any atom is -0.364 e. The van der Waals surface area contributed by atoms with Gasteiger partial charge in [-0.3, -0.25) is 9.59 Å². The van der Waals surface area contributed by atoms with Gasteiger partial charge in [0.2, 0.25) is 0 Å². The first kappa shape index (κ1) is 13.4. The lowest BCUT2D eigenvalue weighted by Crippen LogP contribution is -2.32. The molecule has 0 aromatic heterocycles. The van der Waals surface area contributed by atoms with E-state index in [0.29, 0.717) is 10.6 Å². The fourth-order valence-electron chi connectivity index (χ4n) is 2.31. The first-order valence-electron chi connectivity index (χ1n) is 6.73. The summed E-state index contributed by atoms with van der Waals surface area (Å²) in [6.45, 7) is 1.59. The number of hydrogen-bond acceptors (Lipinski definition) is 5. The standard InChI is InChI=1S/C15H14N2O4/c18-13-6-7-14(19)17(13)21-15(20)11-4-3-5-12(10-11)16-8-1-2-9-16/h1-5,10H,6-9H2. The lowest BCUT2D eigenvalue weighted by molar-refractivity contribution is -0.172. The van der Waals surface area contributed by atoms with Crippen LogP contribution in [0.1, 0.15) is 23.2 Å². The largest absolute Gasteiger partial charge is 0.364 e. The Balaban J connectivity index is 1.74. The molecule has 0 radical (unpaired) electrons. The Bertz CT molecular complexity index is 614. The molecule has 0 aliphatic carbocycles. The van der Waals surface area contributed by atoms with Crippen LogP contribution in [-0.2, 0) is 14.4 Å². The third-order valence-corrected chi connectivity index (χ3v) is 3.45. The van der Waals surface area contributed by atoms with Crippen LogP contribution in [-0.4, -0.2) is 35.9 Å². The molecule has 0 bridgehead atoms. The predicted octanol–water partition coefficient (Wildman–Crippen LogP) is 1.28. The zero-order valence-corrected chi connectivity index (χ0v) is 11.3. The number of nitrogens with zero attached hydrogens (tertiary/aromatic N) is 2. The van der Waals surface area contributed by atoms with Crippen molar-refractivity contribution in [2.24, 2.45) is 0 Å². The second-order valence-corrected chi connectivity index (χ2v) is 4.89. The quantitative estimate of drug-likeness (QED) is 0.618. The van der Waals surface area contributed by atoms with E-state index in [1.54, 1.807) is 18.2 Å². The molecule has 1 fully saturated rings. The van der Waals surface area contributed by atoms with Crippen molar-refractivity contribution in [3.05, 3.63) is 42.0 Å². The number of hydrogen-bond donors (Lipinski definition) is 0. The topological polar surface area (TPSA) is 66.9 Å². The fraction of sp³-hybridized carbons (Fsp3) is 0.267. The molecule has 108 valence electrons. The van der Waals surface area contributed by atoms with E-state index >= 15 is 0 Å². The van der Waals surface area contributed by atoms with Gasteiger partial charge in [-0.1, -0.05) is 18.2 Å². The van der Waals surface area contributed by atoms with Gasteiger partial charge in [0.1, 0.15) is 0 Å². The van der Waals surface area contributed by atoms with Crippen molar-refractivity contribution in [3.63, 3.8) is 0 Å². The maximum Gasteiger partial charge on any atom is 0.363 e. The number of carbonyl (C=O) groups is 3. The Labute approximate surface area is 121 Å². The molecule has 2 aliphatic rings. The number of rotatable bonds is 3. The van der Waals surface area contributed by atoms with Gasteiger partial charge in [-0.15, -0.1) is 5.06 Å². The molecule has 2 aliphatic heterocycles. The maximum atomic E-state index is 12.1. The number of carbonyl (C=O) groups excluding carboxylic acids is 3. The summed E-state index contributed by atoms with van der Waals surface area (Å²) in [4.78, 5) is 41.9. The van der Waals surface area contributed by atoms with Crippen LogP contribution in [0.15, 0.2) is 36.4 Å². The lowest BCUT2D eigenvalue weighted by atomic mass is 10.2. The molecule has 2 amide bonds.